The van der Waals surface area contributed by atoms with Gasteiger partial charge in [0.2, 0.25) is 65.0 Å². The van der Waals surface area contributed by atoms with Crippen molar-refractivity contribution in [1.82, 2.24) is 66.0 Å². The molecule has 111 heavy (non-hydrogen) atoms. The van der Waals surface area contributed by atoms with Crippen molar-refractivity contribution in [2.75, 3.05) is 71.8 Å². The summed E-state index contributed by atoms with van der Waals surface area (Å²) >= 11 is 6.31. The first-order valence-corrected chi connectivity index (χ1v) is 42.0. The van der Waals surface area contributed by atoms with Crippen molar-refractivity contribution < 1.29 is 74.4 Å². The second-order valence-electron chi connectivity index (χ2n) is 30.4. The molecule has 2 bridgehead atoms. The number of sulfone groups is 2. The standard InChI is InChI=1S/C79H100ClN13O16S2/c1-47-70(97)84-60(33-37-110(8,106)107)75(102)90(6)64(39-49-21-12-10-13-22-49)73(100)87-79(3,43-52-45-82-59-28-17-15-24-55(52)59)69(96)56-25-20-26-57(56)74(101)88(4)46-67(95)89(5)63(40-50-29-31-53(80)32-30-50)71(98)85-61(34-38-111(9,108)109)76(103)91(7)68-48(2)93(78(68)105)65(41-51-44-81-58-27-16-14-23-54(51)58)72(99)86-62(42-66(94)83-47)77(104)92-35-18-11-19-36-92/h10,12-17,21-24,27-32,44-45,47-48,56-57,60-65,68,81-82H,11,18-20,25-26,33-43,46H2,1-9H3,(H,83,94)(H,84,97)(H,85,98)(H,86,99)(H,87,100)/t47-,48?,56?,57+,60-,61-,62?,63?,64-,65-,68+,79-/m0/s1. The molecule has 2 aromatic heterocycles. The summed E-state index contributed by atoms with van der Waals surface area (Å²) in [5.74, 6) is -13.2. The van der Waals surface area contributed by atoms with Gasteiger partial charge in [0.1, 0.15) is 73.5 Å². The monoisotopic (exact) mass is 1590 g/mol. The third kappa shape index (κ3) is 20.2. The largest absolute Gasteiger partial charge is 0.361 e. The molecule has 0 spiro atoms. The number of likely N-dealkylation sites (tertiary alicyclic amines) is 1. The van der Waals surface area contributed by atoms with Crippen molar-refractivity contribution >= 4 is 124 Å². The molecular formula is C79H100ClN13O16S2. The number of carbonyl (C=O) groups is 12. The Morgan fingerprint density at radius 1 is 0.541 bits per heavy atom. The van der Waals surface area contributed by atoms with E-state index in [0.717, 1.165) is 38.5 Å². The number of fused-ring (bicyclic) bond motifs is 29. The van der Waals surface area contributed by atoms with Crippen molar-refractivity contribution in [2.45, 2.75) is 164 Å². The first kappa shape index (κ1) is 83.5. The molecule has 5 fully saturated rings. The number of piperidine rings is 1. The number of nitrogens with zero attached hydrogens (tertiary/aromatic N) is 6. The van der Waals surface area contributed by atoms with Gasteiger partial charge in [0.15, 0.2) is 5.78 Å². The smallest absolute Gasteiger partial charge is 0.248 e. The number of Topliss-reactive ketones (excluding diaryl/α,β-unsaturated/α-hetero) is 1. The van der Waals surface area contributed by atoms with Crippen molar-refractivity contribution in [3.8, 4) is 0 Å². The van der Waals surface area contributed by atoms with Gasteiger partial charge in [-0.15, -0.1) is 0 Å². The van der Waals surface area contributed by atoms with Crippen LogP contribution < -0.4 is 26.6 Å². The van der Waals surface area contributed by atoms with E-state index in [1.165, 1.54) is 51.8 Å². The maximum absolute atomic E-state index is 16.0. The maximum Gasteiger partial charge on any atom is 0.248 e. The van der Waals surface area contributed by atoms with Gasteiger partial charge in [-0.1, -0.05) is 96.9 Å². The highest BCUT2D eigenvalue weighted by atomic mass is 35.5. The summed E-state index contributed by atoms with van der Waals surface area (Å²) in [6.45, 7) is 4.29. The Morgan fingerprint density at radius 3 is 1.66 bits per heavy atom. The number of rotatable bonds is 15. The van der Waals surface area contributed by atoms with Gasteiger partial charge in [-0.05, 0) is 112 Å². The van der Waals surface area contributed by atoms with Crippen molar-refractivity contribution in [3.05, 3.63) is 143 Å². The van der Waals surface area contributed by atoms with Gasteiger partial charge in [-0.3, -0.25) is 57.5 Å². The highest BCUT2D eigenvalue weighted by Crippen LogP contribution is 2.39. The Hall–Kier alpha value is -10.0. The zero-order valence-corrected chi connectivity index (χ0v) is 66.3. The van der Waals surface area contributed by atoms with Gasteiger partial charge in [0.25, 0.3) is 0 Å². The second kappa shape index (κ2) is 35.6. The van der Waals surface area contributed by atoms with Crippen LogP contribution in [0.5, 0.6) is 0 Å². The number of benzene rings is 4. The van der Waals surface area contributed by atoms with Gasteiger partial charge in [0.05, 0.1) is 30.5 Å². The highest BCUT2D eigenvalue weighted by molar-refractivity contribution is 7.90. The zero-order valence-electron chi connectivity index (χ0n) is 64.0. The summed E-state index contributed by atoms with van der Waals surface area (Å²) in [4.78, 5) is 196. The fourth-order valence-electron chi connectivity index (χ4n) is 15.8. The molecule has 6 aromatic rings. The molecule has 0 radical (unpaired) electrons. The summed E-state index contributed by atoms with van der Waals surface area (Å²) in [7, 11) is -2.43. The maximum atomic E-state index is 16.0. The first-order chi connectivity index (χ1) is 52.5. The van der Waals surface area contributed by atoms with Crippen LogP contribution in [-0.2, 0) is 103 Å². The van der Waals surface area contributed by atoms with E-state index in [-0.39, 0.29) is 51.6 Å². The molecule has 6 heterocycles. The number of amides is 11. The minimum atomic E-state index is -3.86. The molecule has 4 unspecified atom stereocenters. The van der Waals surface area contributed by atoms with E-state index in [1.807, 2.05) is 18.2 Å². The molecule has 5 aliphatic rings. The number of para-hydroxylation sites is 2. The van der Waals surface area contributed by atoms with E-state index >= 15 is 38.4 Å². The van der Waals surface area contributed by atoms with Gasteiger partial charge in [-0.2, -0.15) is 0 Å². The number of aromatic nitrogens is 2. The van der Waals surface area contributed by atoms with Crippen LogP contribution in [0.25, 0.3) is 21.8 Å². The summed E-state index contributed by atoms with van der Waals surface area (Å²) in [6.07, 6.45) is 5.45. The van der Waals surface area contributed by atoms with Crippen LogP contribution in [0.1, 0.15) is 101 Å². The molecule has 1 aliphatic carbocycles. The third-order valence-corrected chi connectivity index (χ3v) is 24.3. The zero-order chi connectivity index (χ0) is 80.6. The number of carbonyl (C=O) groups excluding carboxylic acids is 12. The Morgan fingerprint density at radius 2 is 1.06 bits per heavy atom. The normalized spacial score (nSPS) is 26.3. The lowest BCUT2D eigenvalue weighted by molar-refractivity contribution is -0.170. The first-order valence-electron chi connectivity index (χ1n) is 37.5. The SMILES string of the molecule is CC1[C@@H]2C(=O)N1[C@@H](Cc1c[nH]c3ccccc13)C(=O)NC(C(=O)N1CCCCC1)CC(=O)N[C@@H](C)C(=O)N[C@@H](CCS(C)(=O)=O)C(=O)N(C)[C@@H](Cc1ccccc1)C(=O)N[C@@](C)(Cc1c[nH]c3ccccc13)C(=O)C1CCC[C@H]1C(=O)N(C)CC(=O)N(C)C(Cc1ccc(Cl)cc1)C(=O)N[C@@H](CCS(C)(=O)=O)C(=O)N2C. The molecule has 4 aromatic carbocycles. The fraction of sp³-hybridized carbons (Fsp3) is 0.494. The number of ketones is 1. The Bertz CT molecular complexity index is 4740. The molecule has 11 rings (SSSR count). The molecule has 4 saturated heterocycles. The number of likely N-dealkylation sites (N-methyl/N-ethyl adjacent to an activating group) is 4. The topological polar surface area (TPSA) is 384 Å². The third-order valence-electron chi connectivity index (χ3n) is 22.1. The van der Waals surface area contributed by atoms with Crippen molar-refractivity contribution in [2.24, 2.45) is 11.8 Å². The molecule has 11 amide bonds. The summed E-state index contributed by atoms with van der Waals surface area (Å²) < 4.78 is 51.9. The van der Waals surface area contributed by atoms with E-state index < -0.39 is 200 Å². The number of nitrogens with one attached hydrogen (secondary N) is 7. The van der Waals surface area contributed by atoms with Gasteiger partial charge < -0.3 is 66.0 Å². The molecule has 596 valence electrons. The number of β-lactam (4-membered cyclic amide) rings is 1. The molecule has 7 N–H and O–H groups in total. The van der Waals surface area contributed by atoms with Gasteiger partial charge >= 0.3 is 0 Å². The van der Waals surface area contributed by atoms with E-state index in [1.54, 1.807) is 104 Å². The molecular weight excluding hydrogens is 1490 g/mol. The van der Waals surface area contributed by atoms with Crippen LogP contribution in [0.3, 0.4) is 0 Å². The van der Waals surface area contributed by atoms with E-state index in [4.69, 9.17) is 11.6 Å². The number of aromatic amines is 2. The minimum Gasteiger partial charge on any atom is -0.361 e. The average Bonchev–Trinajstić information content (AvgIpc) is 1.74. The molecule has 32 heteroatoms. The fourth-order valence-corrected chi connectivity index (χ4v) is 17.2. The summed E-state index contributed by atoms with van der Waals surface area (Å²) in [5.41, 5.74) is 1.74. The lowest BCUT2D eigenvalue weighted by atomic mass is 9.77. The molecule has 1 saturated carbocycles. The lowest BCUT2D eigenvalue weighted by Gasteiger charge is -2.52. The van der Waals surface area contributed by atoms with Gasteiger partial charge in [-0.25, -0.2) is 16.8 Å². The second-order valence-corrected chi connectivity index (χ2v) is 35.4. The quantitative estimate of drug-likeness (QED) is 0.0573. The molecule has 29 nitrogen and oxygen atoms in total. The number of halogens is 1. The van der Waals surface area contributed by atoms with Crippen LogP contribution in [0.4, 0.5) is 0 Å². The van der Waals surface area contributed by atoms with Crippen LogP contribution in [-0.4, -0.2) is 259 Å². The Labute approximate surface area is 651 Å². The summed E-state index contributed by atoms with van der Waals surface area (Å²) in [5, 5.41) is 15.5. The average molecular weight is 1590 g/mol. The predicted octanol–water partition coefficient (Wildman–Crippen LogP) is 3.22. The highest BCUT2D eigenvalue weighted by Gasteiger charge is 2.54. The summed E-state index contributed by atoms with van der Waals surface area (Å²) in [6, 6.07) is 16.2. The molecule has 4 aliphatic heterocycles. The number of H-pyrrole nitrogens is 2. The Kier molecular flexibility index (Phi) is 26.7. The van der Waals surface area contributed by atoms with Crippen molar-refractivity contribution in [1.29, 1.82) is 0 Å². The van der Waals surface area contributed by atoms with E-state index in [0.29, 0.717) is 68.3 Å². The predicted molar refractivity (Wildman–Crippen MR) is 416 cm³/mol. The number of hydrogen-bond donors (Lipinski definition) is 7. The van der Waals surface area contributed by atoms with Gasteiger partial charge in [0, 0.05) is 131 Å². The lowest BCUT2D eigenvalue weighted by Crippen LogP contribution is -2.75. The Balaban J connectivity index is 1.05. The van der Waals surface area contributed by atoms with Crippen LogP contribution in [0, 0.1) is 11.8 Å². The van der Waals surface area contributed by atoms with Crippen molar-refractivity contribution in [3.63, 3.8) is 0 Å². The van der Waals surface area contributed by atoms with Crippen LogP contribution in [0.2, 0.25) is 5.02 Å². The minimum absolute atomic E-state index is 0.152. The van der Waals surface area contributed by atoms with E-state index in [9.17, 15) is 36.0 Å². The number of hydrogen-bond acceptors (Lipinski definition) is 16. The van der Waals surface area contributed by atoms with Crippen LogP contribution in [0.15, 0.2) is 116 Å². The van der Waals surface area contributed by atoms with Crippen LogP contribution >= 0.6 is 11.6 Å². The molecule has 12 atom stereocenters. The van der Waals surface area contributed by atoms with E-state index in [2.05, 4.69) is 36.6 Å².